The average molecular weight is 474 g/mol. The number of fused-ring (bicyclic) bond motifs is 1. The molecule has 0 fully saturated rings. The summed E-state index contributed by atoms with van der Waals surface area (Å²) < 4.78 is 11.1. The Morgan fingerprint density at radius 2 is 1.64 bits per heavy atom. The van der Waals surface area contributed by atoms with Gasteiger partial charge in [-0.25, -0.2) is 9.59 Å². The van der Waals surface area contributed by atoms with E-state index >= 15 is 0 Å². The number of thiophene rings is 1. The van der Waals surface area contributed by atoms with E-state index in [1.165, 1.54) is 4.90 Å². The maximum absolute atomic E-state index is 13.4. The van der Waals surface area contributed by atoms with Crippen molar-refractivity contribution in [1.29, 1.82) is 0 Å². The van der Waals surface area contributed by atoms with Crippen LogP contribution in [-0.2, 0) is 20.7 Å². The summed E-state index contributed by atoms with van der Waals surface area (Å²) in [6.45, 7) is 10.8. The summed E-state index contributed by atoms with van der Waals surface area (Å²) >= 11 is 1.12. The number of carbonyl (C=O) groups is 3. The molecule has 2 amide bonds. The molecule has 33 heavy (non-hydrogen) atoms. The quantitative estimate of drug-likeness (QED) is 0.622. The van der Waals surface area contributed by atoms with Gasteiger partial charge in [-0.2, -0.15) is 0 Å². The van der Waals surface area contributed by atoms with Gasteiger partial charge >= 0.3 is 12.1 Å². The Morgan fingerprint density at radius 1 is 1.03 bits per heavy atom. The molecule has 0 aliphatic carbocycles. The predicted octanol–water partition coefficient (Wildman–Crippen LogP) is 4.76. The third kappa shape index (κ3) is 5.84. The van der Waals surface area contributed by atoms with Crippen LogP contribution in [0.15, 0.2) is 30.3 Å². The van der Waals surface area contributed by atoms with E-state index in [0.29, 0.717) is 22.5 Å². The Hall–Kier alpha value is -3.07. The van der Waals surface area contributed by atoms with E-state index in [4.69, 9.17) is 15.2 Å². The first-order valence-corrected chi connectivity index (χ1v) is 11.6. The van der Waals surface area contributed by atoms with Gasteiger partial charge in [0.15, 0.2) is 0 Å². The number of carbonyl (C=O) groups excluding carboxylic acids is 3. The highest BCUT2D eigenvalue weighted by Crippen LogP contribution is 2.42. The van der Waals surface area contributed by atoms with Crippen molar-refractivity contribution in [3.8, 4) is 0 Å². The summed E-state index contributed by atoms with van der Waals surface area (Å²) in [6.07, 6.45) is -0.251. The van der Waals surface area contributed by atoms with E-state index in [-0.39, 0.29) is 17.1 Å². The topological polar surface area (TPSA) is 111 Å². The molecule has 2 aromatic rings. The van der Waals surface area contributed by atoms with Gasteiger partial charge in [0.05, 0.1) is 5.56 Å². The number of hydrogen-bond acceptors (Lipinski definition) is 7. The summed E-state index contributed by atoms with van der Waals surface area (Å²) in [5.74, 6) is -0.949. The first-order chi connectivity index (χ1) is 15.3. The molecule has 9 heteroatoms. The fraction of sp³-hybridized carbons (Fsp3) is 0.458. The fourth-order valence-electron chi connectivity index (χ4n) is 3.54. The Labute approximate surface area is 198 Å². The second-order valence-corrected chi connectivity index (χ2v) is 11.0. The standard InChI is InChI=1S/C24H31N3O5S/c1-23(2,3)31-21(29)16-15-12-13-27(22(30)32-24(4,5)6)17(18(15)33-19(16)25)20(28)26-14-10-8-7-9-11-14/h7-11,17H,12-13,25H2,1-6H3,(H,26,28)/t17-/m0/s1. The van der Waals surface area contributed by atoms with E-state index in [1.54, 1.807) is 65.8 Å². The van der Waals surface area contributed by atoms with Crippen LogP contribution in [0.25, 0.3) is 0 Å². The number of rotatable bonds is 3. The van der Waals surface area contributed by atoms with Gasteiger partial charge in [0.1, 0.15) is 22.2 Å². The first kappa shape index (κ1) is 24.6. The molecule has 1 aliphatic rings. The number of nitrogens with two attached hydrogens (primary N) is 1. The van der Waals surface area contributed by atoms with E-state index in [2.05, 4.69) is 5.32 Å². The largest absolute Gasteiger partial charge is 0.456 e. The van der Waals surface area contributed by atoms with Crippen molar-refractivity contribution in [2.45, 2.75) is 65.2 Å². The minimum atomic E-state index is -0.993. The van der Waals surface area contributed by atoms with Gasteiger partial charge in [0.25, 0.3) is 5.91 Å². The number of hydrogen-bond donors (Lipinski definition) is 2. The highest BCUT2D eigenvalue weighted by Gasteiger charge is 2.42. The number of esters is 1. The minimum Gasteiger partial charge on any atom is -0.456 e. The molecule has 0 saturated carbocycles. The maximum atomic E-state index is 13.4. The van der Waals surface area contributed by atoms with Crippen LogP contribution in [0.4, 0.5) is 15.5 Å². The summed E-state index contributed by atoms with van der Waals surface area (Å²) in [7, 11) is 0. The zero-order chi connectivity index (χ0) is 24.6. The lowest BCUT2D eigenvalue weighted by Crippen LogP contribution is -2.47. The Balaban J connectivity index is 2.02. The van der Waals surface area contributed by atoms with Gasteiger partial charge in [0.2, 0.25) is 0 Å². The van der Waals surface area contributed by atoms with Crippen molar-refractivity contribution < 1.29 is 23.9 Å². The number of benzene rings is 1. The highest BCUT2D eigenvalue weighted by atomic mass is 32.1. The number of nitrogens with zero attached hydrogens (tertiary/aromatic N) is 1. The van der Waals surface area contributed by atoms with Crippen molar-refractivity contribution in [3.05, 3.63) is 46.3 Å². The normalized spacial score (nSPS) is 16.1. The molecule has 2 heterocycles. The van der Waals surface area contributed by atoms with Crippen molar-refractivity contribution in [3.63, 3.8) is 0 Å². The van der Waals surface area contributed by atoms with Crippen molar-refractivity contribution in [2.75, 3.05) is 17.6 Å². The number of nitrogens with one attached hydrogen (secondary N) is 1. The molecule has 3 rings (SSSR count). The molecule has 1 aromatic carbocycles. The van der Waals surface area contributed by atoms with Gasteiger partial charge < -0.3 is 20.5 Å². The van der Waals surface area contributed by atoms with Gasteiger partial charge in [0, 0.05) is 17.1 Å². The molecule has 0 radical (unpaired) electrons. The third-order valence-corrected chi connectivity index (χ3v) is 5.86. The average Bonchev–Trinajstić information content (AvgIpc) is 3.01. The van der Waals surface area contributed by atoms with Gasteiger partial charge in [-0.05, 0) is 65.7 Å². The van der Waals surface area contributed by atoms with E-state index in [1.807, 2.05) is 6.07 Å². The molecule has 3 N–H and O–H groups in total. The lowest BCUT2D eigenvalue weighted by Gasteiger charge is -2.36. The van der Waals surface area contributed by atoms with E-state index in [0.717, 1.165) is 11.3 Å². The Bertz CT molecular complexity index is 1050. The van der Waals surface area contributed by atoms with Gasteiger partial charge in [-0.3, -0.25) is 9.69 Å². The lowest BCUT2D eigenvalue weighted by atomic mass is 9.96. The van der Waals surface area contributed by atoms with Crippen molar-refractivity contribution >= 4 is 40.0 Å². The molecule has 8 nitrogen and oxygen atoms in total. The number of nitrogen functional groups attached to an aromatic ring is 1. The van der Waals surface area contributed by atoms with Gasteiger partial charge in [-0.15, -0.1) is 11.3 Å². The minimum absolute atomic E-state index is 0.195. The third-order valence-electron chi connectivity index (χ3n) is 4.75. The molecule has 1 atom stereocenters. The summed E-state index contributed by atoms with van der Waals surface area (Å²) in [5.41, 5.74) is 6.31. The molecule has 0 spiro atoms. The fourth-order valence-corrected chi connectivity index (χ4v) is 4.76. The number of para-hydroxylation sites is 1. The van der Waals surface area contributed by atoms with Crippen LogP contribution in [0.1, 0.15) is 68.4 Å². The zero-order valence-electron chi connectivity index (χ0n) is 19.9. The van der Waals surface area contributed by atoms with Crippen LogP contribution >= 0.6 is 11.3 Å². The number of anilines is 2. The second kappa shape index (κ2) is 9.05. The van der Waals surface area contributed by atoms with Crippen LogP contribution in [0, 0.1) is 0 Å². The van der Waals surface area contributed by atoms with E-state index < -0.39 is 35.2 Å². The highest BCUT2D eigenvalue weighted by molar-refractivity contribution is 7.16. The molecule has 1 aromatic heterocycles. The molecular formula is C24H31N3O5S. The lowest BCUT2D eigenvalue weighted by molar-refractivity contribution is -0.121. The molecule has 0 bridgehead atoms. The van der Waals surface area contributed by atoms with Crippen LogP contribution < -0.4 is 11.1 Å². The molecule has 178 valence electrons. The smallest absolute Gasteiger partial charge is 0.411 e. The monoisotopic (exact) mass is 473 g/mol. The predicted molar refractivity (Wildman–Crippen MR) is 128 cm³/mol. The van der Waals surface area contributed by atoms with Crippen LogP contribution in [0.2, 0.25) is 0 Å². The van der Waals surface area contributed by atoms with Crippen LogP contribution in [-0.4, -0.2) is 40.6 Å². The summed E-state index contributed by atoms with van der Waals surface area (Å²) in [5, 5.41) is 3.12. The Kier molecular flexibility index (Phi) is 6.74. The van der Waals surface area contributed by atoms with Crippen LogP contribution in [0.5, 0.6) is 0 Å². The second-order valence-electron chi connectivity index (χ2n) is 9.87. The summed E-state index contributed by atoms with van der Waals surface area (Å²) in [6, 6.07) is 7.97. The zero-order valence-corrected chi connectivity index (χ0v) is 20.7. The van der Waals surface area contributed by atoms with Crippen molar-refractivity contribution in [1.82, 2.24) is 4.90 Å². The first-order valence-electron chi connectivity index (χ1n) is 10.8. The molecule has 0 saturated heterocycles. The van der Waals surface area contributed by atoms with Gasteiger partial charge in [-0.1, -0.05) is 18.2 Å². The molecular weight excluding hydrogens is 442 g/mol. The summed E-state index contributed by atoms with van der Waals surface area (Å²) in [4.78, 5) is 41.2. The molecule has 0 unspecified atom stereocenters. The Morgan fingerprint density at radius 3 is 2.21 bits per heavy atom. The number of amides is 2. The van der Waals surface area contributed by atoms with Crippen LogP contribution in [0.3, 0.4) is 0 Å². The van der Waals surface area contributed by atoms with Crippen molar-refractivity contribution in [2.24, 2.45) is 0 Å². The molecule has 1 aliphatic heterocycles. The maximum Gasteiger partial charge on any atom is 0.411 e. The number of ether oxygens (including phenoxy) is 2. The van der Waals surface area contributed by atoms with E-state index in [9.17, 15) is 14.4 Å². The SMILES string of the molecule is CC(C)(C)OC(=O)c1c(N)sc2c1CCN(C(=O)OC(C)(C)C)[C@@H]2C(=O)Nc1ccccc1.